The number of aryl methyl sites for hydroxylation is 1. The van der Waals surface area contributed by atoms with Gasteiger partial charge in [0.15, 0.2) is 0 Å². The average Bonchev–Trinajstić information content (AvgIpc) is 2.83. The Labute approximate surface area is 108 Å². The third kappa shape index (κ3) is 2.58. The molecule has 1 aliphatic carbocycles. The molecule has 1 aliphatic rings. The van der Waals surface area contributed by atoms with E-state index in [1.165, 1.54) is 12.8 Å². The Bertz CT molecular complexity index is 439. The first-order chi connectivity index (χ1) is 8.59. The van der Waals surface area contributed by atoms with E-state index >= 15 is 0 Å². The molecule has 0 atom stereocenters. The molecule has 0 spiro atoms. The Morgan fingerprint density at radius 3 is 2.67 bits per heavy atom. The van der Waals surface area contributed by atoms with Gasteiger partial charge in [-0.3, -0.25) is 4.79 Å². The van der Waals surface area contributed by atoms with E-state index in [4.69, 9.17) is 11.5 Å². The topological polar surface area (TPSA) is 72.3 Å². The summed E-state index contributed by atoms with van der Waals surface area (Å²) < 4.78 is 0. The molecule has 4 nitrogen and oxygen atoms in total. The summed E-state index contributed by atoms with van der Waals surface area (Å²) in [6, 6.07) is 6.32. The maximum atomic E-state index is 11.3. The molecular weight excluding hydrogens is 226 g/mol. The second-order valence-electron chi connectivity index (χ2n) is 5.04. The Balaban J connectivity index is 2.32. The van der Waals surface area contributed by atoms with Gasteiger partial charge < -0.3 is 16.4 Å². The third-order valence-corrected chi connectivity index (χ3v) is 3.70. The fourth-order valence-electron chi connectivity index (χ4n) is 2.71. The van der Waals surface area contributed by atoms with Crippen LogP contribution in [0.4, 0.5) is 11.4 Å². The number of primary amides is 1. The summed E-state index contributed by atoms with van der Waals surface area (Å²) >= 11 is 0. The predicted octanol–water partition coefficient (Wildman–Crippen LogP) is 1.81. The molecule has 0 bridgehead atoms. The molecular formula is C14H21N3O. The molecule has 1 saturated carbocycles. The second-order valence-corrected chi connectivity index (χ2v) is 5.04. The Hall–Kier alpha value is -1.71. The van der Waals surface area contributed by atoms with Crippen molar-refractivity contribution in [3.63, 3.8) is 0 Å². The van der Waals surface area contributed by atoms with E-state index in [9.17, 15) is 4.79 Å². The summed E-state index contributed by atoms with van der Waals surface area (Å²) in [5.41, 5.74) is 14.2. The van der Waals surface area contributed by atoms with E-state index < -0.39 is 0 Å². The molecule has 1 aromatic rings. The molecule has 1 amide bonds. The van der Waals surface area contributed by atoms with Crippen LogP contribution in [-0.2, 0) is 4.79 Å². The first-order valence-electron chi connectivity index (χ1n) is 6.49. The molecule has 0 aromatic heterocycles. The minimum atomic E-state index is -0.303. The molecule has 4 N–H and O–H groups in total. The monoisotopic (exact) mass is 247 g/mol. The van der Waals surface area contributed by atoms with Gasteiger partial charge >= 0.3 is 0 Å². The van der Waals surface area contributed by atoms with Crippen molar-refractivity contribution in [2.75, 3.05) is 17.2 Å². The van der Waals surface area contributed by atoms with Crippen LogP contribution in [0.15, 0.2) is 18.2 Å². The quantitative estimate of drug-likeness (QED) is 0.797. The fraction of sp³-hybridized carbons (Fsp3) is 0.500. The molecule has 2 rings (SSSR count). The number of rotatable bonds is 4. The first-order valence-corrected chi connectivity index (χ1v) is 6.49. The van der Waals surface area contributed by atoms with Gasteiger partial charge in [0.1, 0.15) is 0 Å². The van der Waals surface area contributed by atoms with Crippen molar-refractivity contribution >= 4 is 17.3 Å². The highest BCUT2D eigenvalue weighted by atomic mass is 16.1. The second kappa shape index (κ2) is 5.29. The van der Waals surface area contributed by atoms with Gasteiger partial charge in [-0.1, -0.05) is 25.0 Å². The largest absolute Gasteiger partial charge is 0.397 e. The summed E-state index contributed by atoms with van der Waals surface area (Å²) in [6.07, 6.45) is 4.65. The number of anilines is 2. The SMILES string of the molecule is Cc1cccc(N(CC(N)=O)C2CCCC2)c1N. The van der Waals surface area contributed by atoms with Crippen molar-refractivity contribution in [2.45, 2.75) is 38.6 Å². The third-order valence-electron chi connectivity index (χ3n) is 3.70. The molecule has 1 aromatic carbocycles. The van der Waals surface area contributed by atoms with Gasteiger partial charge in [-0.15, -0.1) is 0 Å². The summed E-state index contributed by atoms with van der Waals surface area (Å²) in [6.45, 7) is 2.23. The van der Waals surface area contributed by atoms with Crippen LogP contribution in [0.5, 0.6) is 0 Å². The van der Waals surface area contributed by atoms with Crippen molar-refractivity contribution in [3.05, 3.63) is 23.8 Å². The molecule has 0 unspecified atom stereocenters. The lowest BCUT2D eigenvalue weighted by atomic mass is 10.1. The maximum Gasteiger partial charge on any atom is 0.236 e. The highest BCUT2D eigenvalue weighted by Gasteiger charge is 2.25. The molecule has 0 saturated heterocycles. The highest BCUT2D eigenvalue weighted by Crippen LogP contribution is 2.32. The number of para-hydroxylation sites is 1. The van der Waals surface area contributed by atoms with E-state index in [1.54, 1.807) is 0 Å². The van der Waals surface area contributed by atoms with E-state index in [0.29, 0.717) is 6.04 Å². The lowest BCUT2D eigenvalue weighted by molar-refractivity contribution is -0.116. The van der Waals surface area contributed by atoms with E-state index in [1.807, 2.05) is 25.1 Å². The average molecular weight is 247 g/mol. The summed E-state index contributed by atoms with van der Waals surface area (Å²) in [5, 5.41) is 0. The fourth-order valence-corrected chi connectivity index (χ4v) is 2.71. The number of benzene rings is 1. The zero-order valence-electron chi connectivity index (χ0n) is 10.9. The number of hydrogen-bond donors (Lipinski definition) is 2. The van der Waals surface area contributed by atoms with Gasteiger partial charge in [0.25, 0.3) is 0 Å². The van der Waals surface area contributed by atoms with Gasteiger partial charge in [-0.2, -0.15) is 0 Å². The van der Waals surface area contributed by atoms with Crippen LogP contribution in [0.25, 0.3) is 0 Å². The number of carbonyl (C=O) groups is 1. The molecule has 0 radical (unpaired) electrons. The number of nitrogens with zero attached hydrogens (tertiary/aromatic N) is 1. The summed E-state index contributed by atoms with van der Waals surface area (Å²) in [7, 11) is 0. The van der Waals surface area contributed by atoms with Gasteiger partial charge in [0, 0.05) is 6.04 Å². The van der Waals surface area contributed by atoms with Gasteiger partial charge in [0.05, 0.1) is 17.9 Å². The van der Waals surface area contributed by atoms with Crippen LogP contribution < -0.4 is 16.4 Å². The van der Waals surface area contributed by atoms with Gasteiger partial charge in [0.2, 0.25) is 5.91 Å². The standard InChI is InChI=1S/C14H21N3O/c1-10-5-4-8-12(14(10)16)17(9-13(15)18)11-6-2-3-7-11/h4-5,8,11H,2-3,6-7,9,16H2,1H3,(H2,15,18). The number of amides is 1. The molecule has 4 heteroatoms. The Morgan fingerprint density at radius 1 is 1.39 bits per heavy atom. The summed E-state index contributed by atoms with van der Waals surface area (Å²) in [4.78, 5) is 13.4. The van der Waals surface area contributed by atoms with Gasteiger partial charge in [-0.25, -0.2) is 0 Å². The number of nitrogens with two attached hydrogens (primary N) is 2. The molecule has 18 heavy (non-hydrogen) atoms. The minimum Gasteiger partial charge on any atom is -0.397 e. The zero-order valence-corrected chi connectivity index (χ0v) is 10.9. The van der Waals surface area contributed by atoms with Crippen molar-refractivity contribution in [1.29, 1.82) is 0 Å². The molecule has 0 heterocycles. The molecule has 1 fully saturated rings. The molecule has 98 valence electrons. The molecule has 0 aliphatic heterocycles. The minimum absolute atomic E-state index is 0.248. The smallest absolute Gasteiger partial charge is 0.236 e. The van der Waals surface area contributed by atoms with Crippen molar-refractivity contribution in [1.82, 2.24) is 0 Å². The number of hydrogen-bond acceptors (Lipinski definition) is 3. The number of nitrogen functional groups attached to an aromatic ring is 1. The van der Waals surface area contributed by atoms with Crippen LogP contribution in [0.3, 0.4) is 0 Å². The zero-order chi connectivity index (χ0) is 13.1. The first kappa shape index (κ1) is 12.7. The highest BCUT2D eigenvalue weighted by molar-refractivity contribution is 5.82. The van der Waals surface area contributed by atoms with Crippen LogP contribution in [0.1, 0.15) is 31.2 Å². The van der Waals surface area contributed by atoms with Crippen LogP contribution in [0, 0.1) is 6.92 Å². The number of carbonyl (C=O) groups excluding carboxylic acids is 1. The Morgan fingerprint density at radius 2 is 2.06 bits per heavy atom. The lowest BCUT2D eigenvalue weighted by Crippen LogP contribution is -2.40. The Kier molecular flexibility index (Phi) is 3.75. The van der Waals surface area contributed by atoms with E-state index in [2.05, 4.69) is 4.90 Å². The lowest BCUT2D eigenvalue weighted by Gasteiger charge is -2.31. The summed E-state index contributed by atoms with van der Waals surface area (Å²) in [5.74, 6) is -0.303. The van der Waals surface area contributed by atoms with Crippen molar-refractivity contribution < 1.29 is 4.79 Å². The van der Waals surface area contributed by atoms with Crippen LogP contribution >= 0.6 is 0 Å². The van der Waals surface area contributed by atoms with Crippen molar-refractivity contribution in [3.8, 4) is 0 Å². The van der Waals surface area contributed by atoms with Gasteiger partial charge in [-0.05, 0) is 31.4 Å². The van der Waals surface area contributed by atoms with Crippen LogP contribution in [-0.4, -0.2) is 18.5 Å². The van der Waals surface area contributed by atoms with Crippen molar-refractivity contribution in [2.24, 2.45) is 5.73 Å². The normalized spacial score (nSPS) is 15.8. The predicted molar refractivity (Wildman–Crippen MR) is 74.4 cm³/mol. The van der Waals surface area contributed by atoms with E-state index in [-0.39, 0.29) is 12.5 Å². The van der Waals surface area contributed by atoms with Crippen LogP contribution in [0.2, 0.25) is 0 Å². The van der Waals surface area contributed by atoms with E-state index in [0.717, 1.165) is 29.8 Å². The maximum absolute atomic E-state index is 11.3.